The number of quaternary nitrogens is 3. The van der Waals surface area contributed by atoms with E-state index in [2.05, 4.69) is 5.48 Å². The molecule has 4 aliphatic rings. The third-order valence-electron chi connectivity index (χ3n) is 7.51. The molecule has 4 saturated heterocycles. The maximum atomic E-state index is 6.66. The Balaban J connectivity index is 1.31. The van der Waals surface area contributed by atoms with Gasteiger partial charge < -0.3 is 37.9 Å². The van der Waals surface area contributed by atoms with E-state index in [0.29, 0.717) is 85.1 Å². The fourth-order valence-corrected chi connectivity index (χ4v) is 4.56. The summed E-state index contributed by atoms with van der Waals surface area (Å²) in [5, 5.41) is 0. The Labute approximate surface area is 261 Å². The first-order valence-electron chi connectivity index (χ1n) is 16.1. The predicted molar refractivity (Wildman–Crippen MR) is 152 cm³/mol. The molecule has 4 heterocycles. The number of nitrogens with one attached hydrogen (secondary N) is 1. The van der Waals surface area contributed by atoms with Crippen LogP contribution < -0.4 is 5.48 Å². The van der Waals surface area contributed by atoms with E-state index in [4.69, 9.17) is 57.5 Å². The van der Waals surface area contributed by atoms with Crippen molar-refractivity contribution in [1.82, 2.24) is 5.48 Å². The third kappa shape index (κ3) is 14.4. The van der Waals surface area contributed by atoms with Crippen molar-refractivity contribution in [3.63, 3.8) is 0 Å². The van der Waals surface area contributed by atoms with Crippen LogP contribution in [0.4, 0.5) is 0 Å². The van der Waals surface area contributed by atoms with Crippen LogP contribution >= 0.6 is 0 Å². The average Bonchev–Trinajstić information content (AvgIpc) is 3.86. The van der Waals surface area contributed by atoms with Gasteiger partial charge in [-0.05, 0) is 6.42 Å². The molecule has 4 fully saturated rings. The van der Waals surface area contributed by atoms with Gasteiger partial charge in [0.15, 0.2) is 32.2 Å². The van der Waals surface area contributed by atoms with Gasteiger partial charge in [-0.2, -0.15) is 4.84 Å². The lowest BCUT2D eigenvalue weighted by Gasteiger charge is -2.36. The summed E-state index contributed by atoms with van der Waals surface area (Å²) in [4.78, 5) is 24.5. The van der Waals surface area contributed by atoms with Gasteiger partial charge in [0.05, 0.1) is 81.3 Å². The molecule has 1 N–H and O–H groups in total. The van der Waals surface area contributed by atoms with Crippen molar-refractivity contribution >= 4 is 0 Å². The number of epoxide rings is 2. The molecular formula is C28H57N4O12+3. The lowest BCUT2D eigenvalue weighted by Crippen LogP contribution is -2.64. The molecule has 0 aromatic heterocycles. The summed E-state index contributed by atoms with van der Waals surface area (Å²) < 4.78 is 44.2. The van der Waals surface area contributed by atoms with Crippen LogP contribution in [0, 0.1) is 0 Å². The number of hydroxylamine groups is 13. The van der Waals surface area contributed by atoms with E-state index in [0.717, 1.165) is 45.7 Å². The number of nitrogens with zero attached hydrogens (tertiary/aromatic N) is 3. The molecule has 7 atom stereocenters. The second-order valence-corrected chi connectivity index (χ2v) is 11.9. The summed E-state index contributed by atoms with van der Waals surface area (Å²) in [6, 6.07) is 0. The molecule has 16 heteroatoms. The summed E-state index contributed by atoms with van der Waals surface area (Å²) in [5.41, 5.74) is 3.06. The van der Waals surface area contributed by atoms with Gasteiger partial charge in [0.1, 0.15) is 33.4 Å². The van der Waals surface area contributed by atoms with Gasteiger partial charge in [0.2, 0.25) is 0 Å². The van der Waals surface area contributed by atoms with Gasteiger partial charge in [0, 0.05) is 54.9 Å². The minimum atomic E-state index is -0.273. The Kier molecular flexibility index (Phi) is 15.3. The quantitative estimate of drug-likeness (QED) is 0.0539. The first kappa shape index (κ1) is 36.2. The largest absolute Gasteiger partial charge is 0.379 e. The molecule has 0 saturated carbocycles. The standard InChI is InChI=1S/C28H57N4O12/c1-30(33-4,12-7-17-36-27-9-19-38-27)43-32(3,14-8-18-37-28-10-20-39-28)44-31(2,13-6-16-35-22-26-24-41-26)42-29-11-5-15-34-21-25-23-40-25/h25-29H,5-24H2,1-4H3/q+3. The number of hydrogen-bond acceptors (Lipinski definition) is 13. The molecule has 0 radical (unpaired) electrons. The molecule has 0 aromatic rings. The second kappa shape index (κ2) is 18.6. The van der Waals surface area contributed by atoms with Crippen molar-refractivity contribution in [3.8, 4) is 0 Å². The molecule has 4 aliphatic heterocycles. The highest BCUT2D eigenvalue weighted by molar-refractivity contribution is 4.67. The third-order valence-corrected chi connectivity index (χ3v) is 7.51. The van der Waals surface area contributed by atoms with E-state index >= 15 is 0 Å². The smallest absolute Gasteiger partial charge is 0.159 e. The summed E-state index contributed by atoms with van der Waals surface area (Å²) >= 11 is 0. The van der Waals surface area contributed by atoms with Crippen molar-refractivity contribution < 1.29 is 72.0 Å². The molecule has 0 bridgehead atoms. The zero-order valence-corrected chi connectivity index (χ0v) is 27.2. The topological polar surface area (TPSA) is 129 Å². The summed E-state index contributed by atoms with van der Waals surface area (Å²) in [5.74, 6) is 0. The molecule has 0 amide bonds. The molecule has 7 unspecified atom stereocenters. The Morgan fingerprint density at radius 1 is 0.636 bits per heavy atom. The number of ether oxygens (including phenoxy) is 8. The van der Waals surface area contributed by atoms with E-state index in [1.807, 2.05) is 21.1 Å². The minimum Gasteiger partial charge on any atom is -0.379 e. The van der Waals surface area contributed by atoms with E-state index in [1.54, 1.807) is 7.11 Å². The van der Waals surface area contributed by atoms with Gasteiger partial charge in [0.25, 0.3) is 0 Å². The van der Waals surface area contributed by atoms with Crippen LogP contribution in [0.3, 0.4) is 0 Å². The fourth-order valence-electron chi connectivity index (χ4n) is 4.56. The molecular weight excluding hydrogens is 584 g/mol. The molecule has 0 spiro atoms. The van der Waals surface area contributed by atoms with Crippen LogP contribution in [0.25, 0.3) is 0 Å². The Bertz CT molecular complexity index is 792. The van der Waals surface area contributed by atoms with E-state index in [9.17, 15) is 0 Å². The minimum absolute atomic E-state index is 0.108. The van der Waals surface area contributed by atoms with Crippen LogP contribution in [0.1, 0.15) is 38.5 Å². The van der Waals surface area contributed by atoms with E-state index in [1.165, 1.54) is 0 Å². The van der Waals surface area contributed by atoms with Crippen molar-refractivity contribution in [2.45, 2.75) is 63.3 Å². The zero-order valence-electron chi connectivity index (χ0n) is 27.2. The molecule has 0 aromatic carbocycles. The Morgan fingerprint density at radius 3 is 1.61 bits per heavy atom. The average molecular weight is 642 g/mol. The summed E-state index contributed by atoms with van der Waals surface area (Å²) in [7, 11) is 7.16. The molecule has 4 rings (SSSR count). The highest BCUT2D eigenvalue weighted by Crippen LogP contribution is 2.23. The zero-order chi connectivity index (χ0) is 31.1. The highest BCUT2D eigenvalue weighted by atomic mass is 17.3. The lowest BCUT2D eigenvalue weighted by molar-refractivity contribution is -1.54. The highest BCUT2D eigenvalue weighted by Gasteiger charge is 2.49. The predicted octanol–water partition coefficient (Wildman–Crippen LogP) is 0.934. The SMILES string of the molecule is CO[N+](C)(CCCOC1CCO1)O[N+](C)(CCCOC1CCO1)O[N+](C)(CCCOCC1CO1)ONCCCOCC1CO1. The maximum Gasteiger partial charge on any atom is 0.159 e. The lowest BCUT2D eigenvalue weighted by atomic mass is 10.3. The van der Waals surface area contributed by atoms with Gasteiger partial charge in [-0.15, -0.1) is 5.48 Å². The van der Waals surface area contributed by atoms with E-state index < -0.39 is 0 Å². The number of hydrogen-bond donors (Lipinski definition) is 1. The maximum absolute atomic E-state index is 6.66. The van der Waals surface area contributed by atoms with Crippen molar-refractivity contribution in [2.24, 2.45) is 0 Å². The fraction of sp³-hybridized carbons (Fsp3) is 1.00. The monoisotopic (exact) mass is 641 g/mol. The summed E-state index contributed by atoms with van der Waals surface area (Å²) in [6.07, 6.45) is 4.88. The Hall–Kier alpha value is -0.640. The van der Waals surface area contributed by atoms with Gasteiger partial charge in [-0.3, -0.25) is 0 Å². The first-order chi connectivity index (χ1) is 21.3. The Morgan fingerprint density at radius 2 is 1.11 bits per heavy atom. The van der Waals surface area contributed by atoms with E-state index in [-0.39, 0.29) is 39.2 Å². The van der Waals surface area contributed by atoms with Crippen LogP contribution in [0.2, 0.25) is 0 Å². The summed E-state index contributed by atoms with van der Waals surface area (Å²) in [6.45, 7) is 8.52. The van der Waals surface area contributed by atoms with Crippen LogP contribution in [0.15, 0.2) is 0 Å². The van der Waals surface area contributed by atoms with Crippen LogP contribution in [0.5, 0.6) is 0 Å². The second-order valence-electron chi connectivity index (χ2n) is 11.9. The molecule has 16 nitrogen and oxygen atoms in total. The molecule has 0 aliphatic carbocycles. The van der Waals surface area contributed by atoms with Crippen LogP contribution in [-0.2, 0) is 57.5 Å². The number of rotatable bonds is 29. The van der Waals surface area contributed by atoms with Crippen LogP contribution in [-0.4, -0.2) is 160 Å². The van der Waals surface area contributed by atoms with Gasteiger partial charge in [-0.25, -0.2) is 0 Å². The van der Waals surface area contributed by atoms with Crippen molar-refractivity contribution in [3.05, 3.63) is 0 Å². The van der Waals surface area contributed by atoms with Gasteiger partial charge >= 0.3 is 0 Å². The molecule has 258 valence electrons. The van der Waals surface area contributed by atoms with Crippen molar-refractivity contribution in [2.75, 3.05) is 121 Å². The normalized spacial score (nSPS) is 28.4. The molecule has 44 heavy (non-hydrogen) atoms. The first-order valence-corrected chi connectivity index (χ1v) is 16.1. The van der Waals surface area contributed by atoms with Crippen molar-refractivity contribution in [1.29, 1.82) is 0 Å². The van der Waals surface area contributed by atoms with Gasteiger partial charge in [-0.1, -0.05) is 4.94 Å².